The van der Waals surface area contributed by atoms with Crippen LogP contribution in [0.15, 0.2) is 54.6 Å². The number of carbonyl (C=O) groups is 1. The second-order valence-corrected chi connectivity index (χ2v) is 4.62. The van der Waals surface area contributed by atoms with Crippen LogP contribution in [-0.2, 0) is 4.79 Å². The highest BCUT2D eigenvalue weighted by atomic mass is 16.5. The summed E-state index contributed by atoms with van der Waals surface area (Å²) in [6.45, 7) is 3.82. The van der Waals surface area contributed by atoms with Crippen LogP contribution in [0.2, 0.25) is 0 Å². The van der Waals surface area contributed by atoms with Crippen molar-refractivity contribution in [3.8, 4) is 17.2 Å². The molecule has 0 aliphatic heterocycles. The van der Waals surface area contributed by atoms with Crippen LogP contribution < -0.4 is 9.47 Å². The molecule has 0 radical (unpaired) electrons. The number of carbonyl (C=O) groups excluding carboxylic acids is 1. The van der Waals surface area contributed by atoms with Gasteiger partial charge in [0.15, 0.2) is 0 Å². The quantitative estimate of drug-likeness (QED) is 0.595. The fraction of sp³-hybridized carbons (Fsp3) is 0.235. The summed E-state index contributed by atoms with van der Waals surface area (Å²) in [6.07, 6.45) is 0.772. The summed E-state index contributed by atoms with van der Waals surface area (Å²) in [5.41, 5.74) is 0. The van der Waals surface area contributed by atoms with E-state index >= 15 is 0 Å². The van der Waals surface area contributed by atoms with Gasteiger partial charge in [-0.25, -0.2) is 0 Å². The molecule has 0 saturated heterocycles. The van der Waals surface area contributed by atoms with E-state index in [1.807, 2.05) is 44.2 Å². The summed E-state index contributed by atoms with van der Waals surface area (Å²) in [6, 6.07) is 16.6. The summed E-state index contributed by atoms with van der Waals surface area (Å²) in [4.78, 5) is 11.7. The molecule has 0 aliphatic carbocycles. The minimum atomic E-state index is -0.204. The first-order valence-electron chi connectivity index (χ1n) is 6.73. The normalized spacial score (nSPS) is 11.7. The molecule has 0 aliphatic rings. The highest BCUT2D eigenvalue weighted by Crippen LogP contribution is 2.24. The largest absolute Gasteiger partial charge is 0.457 e. The van der Waals surface area contributed by atoms with Crippen LogP contribution in [0.1, 0.15) is 20.3 Å². The molecule has 0 bridgehead atoms. The third kappa shape index (κ3) is 3.85. The number of hydrogen-bond donors (Lipinski definition) is 0. The van der Waals surface area contributed by atoms with Crippen molar-refractivity contribution in [2.24, 2.45) is 5.92 Å². The molecule has 0 N–H and O–H groups in total. The maximum atomic E-state index is 11.7. The van der Waals surface area contributed by atoms with Crippen molar-refractivity contribution in [1.29, 1.82) is 0 Å². The lowest BCUT2D eigenvalue weighted by atomic mass is 10.1. The van der Waals surface area contributed by atoms with Gasteiger partial charge in [0.1, 0.15) is 17.2 Å². The SMILES string of the molecule is CCC(C)C(=O)Oc1ccc(Oc2ccccc2)cc1. The molecule has 2 rings (SSSR count). The van der Waals surface area contributed by atoms with Gasteiger partial charge in [0.25, 0.3) is 0 Å². The van der Waals surface area contributed by atoms with E-state index in [1.165, 1.54) is 0 Å². The van der Waals surface area contributed by atoms with Crippen molar-refractivity contribution >= 4 is 5.97 Å². The third-order valence-electron chi connectivity index (χ3n) is 3.04. The fourth-order valence-corrected chi connectivity index (χ4v) is 1.58. The molecular weight excluding hydrogens is 252 g/mol. The molecule has 0 aromatic heterocycles. The van der Waals surface area contributed by atoms with Crippen LogP contribution >= 0.6 is 0 Å². The highest BCUT2D eigenvalue weighted by molar-refractivity contribution is 5.74. The Kier molecular flexibility index (Phi) is 4.77. The molecule has 2 aromatic carbocycles. The maximum absolute atomic E-state index is 11.7. The Hall–Kier alpha value is -2.29. The standard InChI is InChI=1S/C17H18O3/c1-3-13(2)17(18)20-16-11-9-15(10-12-16)19-14-7-5-4-6-8-14/h4-13H,3H2,1-2H3. The fourth-order valence-electron chi connectivity index (χ4n) is 1.58. The van der Waals surface area contributed by atoms with E-state index in [9.17, 15) is 4.79 Å². The van der Waals surface area contributed by atoms with Crippen molar-refractivity contribution in [3.05, 3.63) is 54.6 Å². The zero-order chi connectivity index (χ0) is 14.4. The first kappa shape index (κ1) is 14.1. The first-order chi connectivity index (χ1) is 9.69. The second kappa shape index (κ2) is 6.75. The second-order valence-electron chi connectivity index (χ2n) is 4.62. The van der Waals surface area contributed by atoms with Crippen LogP contribution in [0, 0.1) is 5.92 Å². The Labute approximate surface area is 119 Å². The first-order valence-corrected chi connectivity index (χ1v) is 6.73. The van der Waals surface area contributed by atoms with Gasteiger partial charge in [0.2, 0.25) is 0 Å². The van der Waals surface area contributed by atoms with Crippen LogP contribution in [0.3, 0.4) is 0 Å². The molecule has 0 fully saturated rings. The van der Waals surface area contributed by atoms with E-state index < -0.39 is 0 Å². The zero-order valence-corrected chi connectivity index (χ0v) is 11.7. The van der Waals surface area contributed by atoms with Gasteiger partial charge in [-0.05, 0) is 42.8 Å². The molecule has 104 valence electrons. The van der Waals surface area contributed by atoms with Crippen LogP contribution in [0.25, 0.3) is 0 Å². The molecule has 2 aromatic rings. The molecule has 1 atom stereocenters. The van der Waals surface area contributed by atoms with Gasteiger partial charge in [-0.3, -0.25) is 4.79 Å². The summed E-state index contributed by atoms with van der Waals surface area (Å²) in [5, 5.41) is 0. The van der Waals surface area contributed by atoms with Crippen molar-refractivity contribution in [2.45, 2.75) is 20.3 Å². The number of esters is 1. The Balaban J connectivity index is 1.98. The molecule has 0 spiro atoms. The van der Waals surface area contributed by atoms with Gasteiger partial charge < -0.3 is 9.47 Å². The molecule has 0 heterocycles. The summed E-state index contributed by atoms with van der Waals surface area (Å²) in [7, 11) is 0. The van der Waals surface area contributed by atoms with Crippen LogP contribution in [-0.4, -0.2) is 5.97 Å². The predicted octanol–water partition coefficient (Wildman–Crippen LogP) is 4.43. The Morgan fingerprint density at radius 2 is 1.50 bits per heavy atom. The number of para-hydroxylation sites is 1. The van der Waals surface area contributed by atoms with E-state index in [4.69, 9.17) is 9.47 Å². The Morgan fingerprint density at radius 1 is 0.950 bits per heavy atom. The van der Waals surface area contributed by atoms with Gasteiger partial charge in [-0.2, -0.15) is 0 Å². The molecule has 3 heteroatoms. The van der Waals surface area contributed by atoms with E-state index in [-0.39, 0.29) is 11.9 Å². The van der Waals surface area contributed by atoms with E-state index in [2.05, 4.69) is 0 Å². The molecule has 0 amide bonds. The number of rotatable bonds is 5. The monoisotopic (exact) mass is 270 g/mol. The van der Waals surface area contributed by atoms with Gasteiger partial charge in [0, 0.05) is 0 Å². The smallest absolute Gasteiger partial charge is 0.314 e. The molecule has 1 unspecified atom stereocenters. The maximum Gasteiger partial charge on any atom is 0.314 e. The lowest BCUT2D eigenvalue weighted by molar-refractivity contribution is -0.138. The van der Waals surface area contributed by atoms with Crippen LogP contribution in [0.5, 0.6) is 17.2 Å². The number of hydrogen-bond acceptors (Lipinski definition) is 3. The third-order valence-corrected chi connectivity index (χ3v) is 3.04. The van der Waals surface area contributed by atoms with Gasteiger partial charge in [-0.1, -0.05) is 32.0 Å². The lowest BCUT2D eigenvalue weighted by Crippen LogP contribution is -2.16. The van der Waals surface area contributed by atoms with Crippen molar-refractivity contribution in [1.82, 2.24) is 0 Å². The van der Waals surface area contributed by atoms with Crippen molar-refractivity contribution < 1.29 is 14.3 Å². The van der Waals surface area contributed by atoms with Crippen molar-refractivity contribution in [2.75, 3.05) is 0 Å². The average molecular weight is 270 g/mol. The number of benzene rings is 2. The predicted molar refractivity (Wildman–Crippen MR) is 78.0 cm³/mol. The molecular formula is C17H18O3. The van der Waals surface area contributed by atoms with Gasteiger partial charge in [-0.15, -0.1) is 0 Å². The molecule has 3 nitrogen and oxygen atoms in total. The molecule has 20 heavy (non-hydrogen) atoms. The topological polar surface area (TPSA) is 35.5 Å². The van der Waals surface area contributed by atoms with E-state index in [1.54, 1.807) is 24.3 Å². The zero-order valence-electron chi connectivity index (χ0n) is 11.7. The average Bonchev–Trinajstić information content (AvgIpc) is 2.49. The van der Waals surface area contributed by atoms with Gasteiger partial charge >= 0.3 is 5.97 Å². The van der Waals surface area contributed by atoms with E-state index in [0.717, 1.165) is 12.2 Å². The number of ether oxygens (including phenoxy) is 2. The summed E-state index contributed by atoms with van der Waals surface area (Å²) < 4.78 is 10.9. The summed E-state index contributed by atoms with van der Waals surface area (Å²) in [5.74, 6) is 1.73. The van der Waals surface area contributed by atoms with Crippen LogP contribution in [0.4, 0.5) is 0 Å². The Morgan fingerprint density at radius 3 is 2.10 bits per heavy atom. The molecule has 0 saturated carbocycles. The minimum absolute atomic E-state index is 0.0877. The summed E-state index contributed by atoms with van der Waals surface area (Å²) >= 11 is 0. The Bertz CT molecular complexity index is 546. The van der Waals surface area contributed by atoms with Crippen molar-refractivity contribution in [3.63, 3.8) is 0 Å². The lowest BCUT2D eigenvalue weighted by Gasteiger charge is -2.10. The highest BCUT2D eigenvalue weighted by Gasteiger charge is 2.12. The van der Waals surface area contributed by atoms with Gasteiger partial charge in [0.05, 0.1) is 5.92 Å². The minimum Gasteiger partial charge on any atom is -0.457 e. The van der Waals surface area contributed by atoms with E-state index in [0.29, 0.717) is 11.5 Å².